The highest BCUT2D eigenvalue weighted by molar-refractivity contribution is 5.90. The van der Waals surface area contributed by atoms with Crippen LogP contribution in [0.2, 0.25) is 0 Å². The summed E-state index contributed by atoms with van der Waals surface area (Å²) in [6.07, 6.45) is 0.593. The third-order valence-electron chi connectivity index (χ3n) is 3.75. The van der Waals surface area contributed by atoms with Crippen LogP contribution in [-0.4, -0.2) is 22.0 Å². The molecule has 3 N–H and O–H groups in total. The lowest BCUT2D eigenvalue weighted by Crippen LogP contribution is -2.14. The first-order valence-corrected chi connectivity index (χ1v) is 8.25. The van der Waals surface area contributed by atoms with Gasteiger partial charge in [0.1, 0.15) is 5.82 Å². The molecule has 0 atom stereocenters. The lowest BCUT2D eigenvalue weighted by Gasteiger charge is -2.05. The Bertz CT molecular complexity index is 936. The average molecular weight is 368 g/mol. The minimum absolute atomic E-state index is 0.155. The van der Waals surface area contributed by atoms with Crippen LogP contribution in [0.15, 0.2) is 53.1 Å². The van der Waals surface area contributed by atoms with Crippen molar-refractivity contribution in [2.75, 3.05) is 5.32 Å². The minimum Gasteiger partial charge on any atom is -0.369 e. The van der Waals surface area contributed by atoms with Crippen molar-refractivity contribution in [3.63, 3.8) is 0 Å². The number of primary amides is 1. The van der Waals surface area contributed by atoms with Gasteiger partial charge in [-0.25, -0.2) is 4.39 Å². The average Bonchev–Trinajstić information content (AvgIpc) is 3.11. The number of nitrogens with zero attached hydrogens (tertiary/aromatic N) is 2. The van der Waals surface area contributed by atoms with Crippen molar-refractivity contribution < 1.29 is 18.5 Å². The third-order valence-corrected chi connectivity index (χ3v) is 3.75. The second-order valence-corrected chi connectivity index (χ2v) is 5.91. The van der Waals surface area contributed by atoms with Crippen LogP contribution in [0.25, 0.3) is 11.4 Å². The van der Waals surface area contributed by atoms with Crippen molar-refractivity contribution in [3.05, 3.63) is 65.8 Å². The summed E-state index contributed by atoms with van der Waals surface area (Å²) >= 11 is 0. The molecule has 27 heavy (non-hydrogen) atoms. The SMILES string of the molecule is NC(=O)Cc1ccc(NC(=O)CCc2nc(-c3ccc(F)cc3)no2)cc1. The highest BCUT2D eigenvalue weighted by atomic mass is 19.1. The van der Waals surface area contributed by atoms with Crippen LogP contribution in [-0.2, 0) is 22.4 Å². The number of aryl methyl sites for hydroxylation is 1. The van der Waals surface area contributed by atoms with Gasteiger partial charge in [0.25, 0.3) is 0 Å². The van der Waals surface area contributed by atoms with Gasteiger partial charge in [0, 0.05) is 24.1 Å². The van der Waals surface area contributed by atoms with Gasteiger partial charge in [-0.3, -0.25) is 9.59 Å². The molecule has 8 heteroatoms. The Labute approximate surface area is 154 Å². The molecule has 0 saturated carbocycles. The summed E-state index contributed by atoms with van der Waals surface area (Å²) in [6, 6.07) is 12.6. The van der Waals surface area contributed by atoms with Gasteiger partial charge in [-0.1, -0.05) is 17.3 Å². The molecule has 0 spiro atoms. The van der Waals surface area contributed by atoms with Crippen LogP contribution < -0.4 is 11.1 Å². The number of carbonyl (C=O) groups excluding carboxylic acids is 2. The van der Waals surface area contributed by atoms with E-state index < -0.39 is 5.91 Å². The zero-order chi connectivity index (χ0) is 19.2. The van der Waals surface area contributed by atoms with E-state index in [9.17, 15) is 14.0 Å². The van der Waals surface area contributed by atoms with Crippen molar-refractivity contribution >= 4 is 17.5 Å². The van der Waals surface area contributed by atoms with Gasteiger partial charge in [0.15, 0.2) is 0 Å². The quantitative estimate of drug-likeness (QED) is 0.665. The zero-order valence-corrected chi connectivity index (χ0v) is 14.3. The number of nitrogens with one attached hydrogen (secondary N) is 1. The molecule has 3 rings (SSSR count). The Morgan fingerprint density at radius 2 is 1.78 bits per heavy atom. The van der Waals surface area contributed by atoms with Crippen molar-refractivity contribution in [1.82, 2.24) is 10.1 Å². The van der Waals surface area contributed by atoms with E-state index in [0.29, 0.717) is 23.0 Å². The van der Waals surface area contributed by atoms with E-state index >= 15 is 0 Å². The molecule has 0 aliphatic heterocycles. The fraction of sp³-hybridized carbons (Fsp3) is 0.158. The Kier molecular flexibility index (Phi) is 5.55. The summed E-state index contributed by atoms with van der Waals surface area (Å²) in [6.45, 7) is 0. The summed E-state index contributed by atoms with van der Waals surface area (Å²) in [5.41, 5.74) is 7.16. The lowest BCUT2D eigenvalue weighted by molar-refractivity contribution is -0.117. The molecule has 0 bridgehead atoms. The molecule has 0 fully saturated rings. The number of carbonyl (C=O) groups is 2. The van der Waals surface area contributed by atoms with Gasteiger partial charge in [-0.15, -0.1) is 0 Å². The predicted octanol–water partition coefficient (Wildman–Crippen LogP) is 2.47. The number of rotatable bonds is 7. The molecule has 0 aliphatic rings. The second kappa shape index (κ2) is 8.22. The first-order valence-electron chi connectivity index (χ1n) is 8.25. The Hall–Kier alpha value is -3.55. The van der Waals surface area contributed by atoms with Gasteiger partial charge in [0.05, 0.1) is 6.42 Å². The van der Waals surface area contributed by atoms with Gasteiger partial charge >= 0.3 is 0 Å². The summed E-state index contributed by atoms with van der Waals surface area (Å²) < 4.78 is 18.1. The molecule has 2 amide bonds. The van der Waals surface area contributed by atoms with E-state index in [1.165, 1.54) is 12.1 Å². The highest BCUT2D eigenvalue weighted by Gasteiger charge is 2.11. The summed E-state index contributed by atoms with van der Waals surface area (Å²) in [5, 5.41) is 6.58. The maximum atomic E-state index is 12.9. The minimum atomic E-state index is -0.411. The number of amides is 2. The largest absolute Gasteiger partial charge is 0.369 e. The van der Waals surface area contributed by atoms with E-state index in [1.807, 2.05) is 0 Å². The van der Waals surface area contributed by atoms with E-state index in [4.69, 9.17) is 10.3 Å². The van der Waals surface area contributed by atoms with Gasteiger partial charge in [-0.05, 0) is 42.0 Å². The molecule has 3 aromatic rings. The van der Waals surface area contributed by atoms with E-state index in [-0.39, 0.29) is 31.0 Å². The molecular weight excluding hydrogens is 351 g/mol. The van der Waals surface area contributed by atoms with Gasteiger partial charge in [0.2, 0.25) is 23.5 Å². The first-order chi connectivity index (χ1) is 13.0. The van der Waals surface area contributed by atoms with Crippen molar-refractivity contribution in [3.8, 4) is 11.4 Å². The maximum absolute atomic E-state index is 12.9. The smallest absolute Gasteiger partial charge is 0.227 e. The van der Waals surface area contributed by atoms with Crippen LogP contribution in [0.3, 0.4) is 0 Å². The normalized spacial score (nSPS) is 10.6. The Balaban J connectivity index is 1.52. The number of anilines is 1. The number of halogens is 1. The van der Waals surface area contributed by atoms with Crippen molar-refractivity contribution in [1.29, 1.82) is 0 Å². The van der Waals surface area contributed by atoms with Crippen molar-refractivity contribution in [2.45, 2.75) is 19.3 Å². The van der Waals surface area contributed by atoms with Crippen molar-refractivity contribution in [2.24, 2.45) is 5.73 Å². The standard InChI is InChI=1S/C19H17FN4O3/c20-14-5-3-13(4-6-14)19-23-18(27-24-19)10-9-17(26)22-15-7-1-12(2-8-15)11-16(21)25/h1-8H,9-11H2,(H2,21,25)(H,22,26). The van der Waals surface area contributed by atoms with Crippen LogP contribution >= 0.6 is 0 Å². The summed E-state index contributed by atoms with van der Waals surface area (Å²) in [7, 11) is 0. The maximum Gasteiger partial charge on any atom is 0.227 e. The van der Waals surface area contributed by atoms with Crippen LogP contribution in [0.1, 0.15) is 17.9 Å². The topological polar surface area (TPSA) is 111 Å². The molecule has 0 aliphatic carbocycles. The number of nitrogens with two attached hydrogens (primary N) is 1. The molecule has 1 heterocycles. The monoisotopic (exact) mass is 368 g/mol. The number of benzene rings is 2. The van der Waals surface area contributed by atoms with E-state index in [1.54, 1.807) is 36.4 Å². The summed E-state index contributed by atoms with van der Waals surface area (Å²) in [4.78, 5) is 27.1. The van der Waals surface area contributed by atoms with E-state index in [2.05, 4.69) is 15.5 Å². The summed E-state index contributed by atoms with van der Waals surface area (Å²) in [5.74, 6) is -0.302. The first kappa shape index (κ1) is 18.2. The third kappa shape index (κ3) is 5.21. The molecule has 1 aromatic heterocycles. The lowest BCUT2D eigenvalue weighted by atomic mass is 10.1. The predicted molar refractivity (Wildman–Crippen MR) is 96.0 cm³/mol. The molecule has 0 radical (unpaired) electrons. The van der Waals surface area contributed by atoms with E-state index in [0.717, 1.165) is 5.56 Å². The Morgan fingerprint density at radius 1 is 1.07 bits per heavy atom. The van der Waals surface area contributed by atoms with Crippen LogP contribution in [0, 0.1) is 5.82 Å². The Morgan fingerprint density at radius 3 is 2.44 bits per heavy atom. The second-order valence-electron chi connectivity index (χ2n) is 5.91. The number of hydrogen-bond donors (Lipinski definition) is 2. The molecule has 0 saturated heterocycles. The van der Waals surface area contributed by atoms with Gasteiger partial charge < -0.3 is 15.6 Å². The molecule has 2 aromatic carbocycles. The number of hydrogen-bond acceptors (Lipinski definition) is 5. The highest BCUT2D eigenvalue weighted by Crippen LogP contribution is 2.17. The van der Waals surface area contributed by atoms with Crippen LogP contribution in [0.5, 0.6) is 0 Å². The number of aromatic nitrogens is 2. The molecule has 138 valence electrons. The fourth-order valence-electron chi connectivity index (χ4n) is 2.42. The molecule has 0 unspecified atom stereocenters. The van der Waals surface area contributed by atoms with Gasteiger partial charge in [-0.2, -0.15) is 4.98 Å². The molecule has 7 nitrogen and oxygen atoms in total. The fourth-order valence-corrected chi connectivity index (χ4v) is 2.42. The molecular formula is C19H17FN4O3. The van der Waals surface area contributed by atoms with Crippen LogP contribution in [0.4, 0.5) is 10.1 Å². The zero-order valence-electron chi connectivity index (χ0n) is 14.3.